The first-order valence-electron chi connectivity index (χ1n) is 8.60. The monoisotopic (exact) mass is 388 g/mol. The van der Waals surface area contributed by atoms with E-state index >= 15 is 0 Å². The zero-order valence-corrected chi connectivity index (χ0v) is 15.5. The Labute approximate surface area is 158 Å². The number of aromatic nitrogens is 3. The topological polar surface area (TPSA) is 86.0 Å². The van der Waals surface area contributed by atoms with Gasteiger partial charge in [-0.15, -0.1) is 0 Å². The Morgan fingerprint density at radius 3 is 2.50 bits per heavy atom. The molecule has 0 bridgehead atoms. The lowest BCUT2D eigenvalue weighted by Crippen LogP contribution is -2.38. The van der Waals surface area contributed by atoms with Crippen LogP contribution in [-0.2, 0) is 20.5 Å². The van der Waals surface area contributed by atoms with E-state index in [2.05, 4.69) is 10.3 Å². The molecule has 0 aliphatic rings. The number of nitrogens with one attached hydrogen (secondary N) is 1. The van der Waals surface area contributed by atoms with Gasteiger partial charge >= 0.3 is 5.69 Å². The van der Waals surface area contributed by atoms with E-state index in [4.69, 9.17) is 0 Å². The highest BCUT2D eigenvalue weighted by atomic mass is 19.2. The second-order valence-corrected chi connectivity index (χ2v) is 6.40. The summed E-state index contributed by atoms with van der Waals surface area (Å²) in [6, 6.07) is 2.77. The van der Waals surface area contributed by atoms with E-state index in [0.29, 0.717) is 18.4 Å². The predicted molar refractivity (Wildman–Crippen MR) is 101 cm³/mol. The van der Waals surface area contributed by atoms with E-state index in [-0.39, 0.29) is 22.3 Å². The second kappa shape index (κ2) is 7.34. The van der Waals surface area contributed by atoms with Crippen molar-refractivity contribution in [2.24, 2.45) is 14.1 Å². The summed E-state index contributed by atoms with van der Waals surface area (Å²) in [5.41, 5.74) is -0.337. The summed E-state index contributed by atoms with van der Waals surface area (Å²) in [6.45, 7) is 1.92. The SMILES string of the molecule is CCCc1cnc2c(c1NC(=O)c1ccc(F)c(F)c1)c(=O)n(C)c(=O)n2C. The van der Waals surface area contributed by atoms with Gasteiger partial charge in [-0.25, -0.2) is 18.6 Å². The van der Waals surface area contributed by atoms with Gasteiger partial charge < -0.3 is 5.32 Å². The van der Waals surface area contributed by atoms with Crippen molar-refractivity contribution in [3.05, 3.63) is 68.0 Å². The number of carbonyl (C=O) groups excluding carboxylic acids is 1. The zero-order valence-electron chi connectivity index (χ0n) is 15.5. The maximum atomic E-state index is 13.5. The Balaban J connectivity index is 2.24. The third kappa shape index (κ3) is 3.19. The molecule has 146 valence electrons. The van der Waals surface area contributed by atoms with Gasteiger partial charge in [-0.3, -0.25) is 18.7 Å². The van der Waals surface area contributed by atoms with Crippen LogP contribution in [0, 0.1) is 11.6 Å². The van der Waals surface area contributed by atoms with E-state index in [1.165, 1.54) is 24.9 Å². The fraction of sp³-hybridized carbons (Fsp3) is 0.263. The highest BCUT2D eigenvalue weighted by Gasteiger charge is 2.19. The van der Waals surface area contributed by atoms with E-state index in [1.807, 2.05) is 6.92 Å². The van der Waals surface area contributed by atoms with Crippen LogP contribution in [0.1, 0.15) is 29.3 Å². The van der Waals surface area contributed by atoms with E-state index in [1.54, 1.807) is 0 Å². The number of hydrogen-bond acceptors (Lipinski definition) is 4. The average molecular weight is 388 g/mol. The fourth-order valence-corrected chi connectivity index (χ4v) is 2.99. The standard InChI is InChI=1S/C19H18F2N4O3/c1-4-5-11-9-22-16-14(18(27)25(3)19(28)24(16)2)15(11)23-17(26)10-6-7-12(20)13(21)8-10/h6-9H,4-5H2,1-3H3,(H,22,23,26). The summed E-state index contributed by atoms with van der Waals surface area (Å²) in [4.78, 5) is 41.7. The molecule has 0 fully saturated rings. The van der Waals surface area contributed by atoms with Crippen LogP contribution in [0.25, 0.3) is 11.0 Å². The quantitative estimate of drug-likeness (QED) is 0.742. The molecule has 2 heterocycles. The third-order valence-electron chi connectivity index (χ3n) is 4.49. The summed E-state index contributed by atoms with van der Waals surface area (Å²) in [6.07, 6.45) is 2.72. The molecule has 28 heavy (non-hydrogen) atoms. The van der Waals surface area contributed by atoms with Gasteiger partial charge in [-0.2, -0.15) is 0 Å². The Morgan fingerprint density at radius 2 is 1.86 bits per heavy atom. The lowest BCUT2D eigenvalue weighted by atomic mass is 10.1. The highest BCUT2D eigenvalue weighted by molar-refractivity contribution is 6.08. The summed E-state index contributed by atoms with van der Waals surface area (Å²) in [5.74, 6) is -2.93. The van der Waals surface area contributed by atoms with Crippen molar-refractivity contribution in [2.45, 2.75) is 19.8 Å². The first-order chi connectivity index (χ1) is 13.3. The minimum atomic E-state index is -1.15. The van der Waals surface area contributed by atoms with Crippen LogP contribution in [0.2, 0.25) is 0 Å². The Bertz CT molecular complexity index is 1210. The molecule has 1 aromatic carbocycles. The summed E-state index contributed by atoms with van der Waals surface area (Å²) >= 11 is 0. The van der Waals surface area contributed by atoms with Gasteiger partial charge in [0, 0.05) is 25.9 Å². The molecular formula is C19H18F2N4O3. The van der Waals surface area contributed by atoms with Crippen molar-refractivity contribution in [1.29, 1.82) is 0 Å². The molecule has 7 nitrogen and oxygen atoms in total. The van der Waals surface area contributed by atoms with Gasteiger partial charge in [0.1, 0.15) is 5.39 Å². The van der Waals surface area contributed by atoms with E-state index in [9.17, 15) is 23.2 Å². The van der Waals surface area contributed by atoms with Gasteiger partial charge in [0.05, 0.1) is 5.69 Å². The molecule has 0 atom stereocenters. The highest BCUT2D eigenvalue weighted by Crippen LogP contribution is 2.24. The number of pyridine rings is 1. The Hall–Kier alpha value is -3.36. The molecule has 1 N–H and O–H groups in total. The molecule has 0 aliphatic carbocycles. The van der Waals surface area contributed by atoms with Crippen molar-refractivity contribution in [2.75, 3.05) is 5.32 Å². The largest absolute Gasteiger partial charge is 0.332 e. The van der Waals surface area contributed by atoms with Crippen LogP contribution in [0.4, 0.5) is 14.5 Å². The van der Waals surface area contributed by atoms with Crippen LogP contribution in [-0.4, -0.2) is 20.0 Å². The maximum Gasteiger partial charge on any atom is 0.332 e. The van der Waals surface area contributed by atoms with Gasteiger partial charge in [-0.05, 0) is 30.2 Å². The van der Waals surface area contributed by atoms with Crippen molar-refractivity contribution in [3.63, 3.8) is 0 Å². The second-order valence-electron chi connectivity index (χ2n) is 6.40. The number of carbonyl (C=O) groups is 1. The minimum Gasteiger partial charge on any atom is -0.321 e. The molecule has 0 saturated heterocycles. The first-order valence-corrected chi connectivity index (χ1v) is 8.60. The molecule has 0 unspecified atom stereocenters. The molecule has 3 aromatic rings. The molecular weight excluding hydrogens is 370 g/mol. The number of aryl methyl sites for hydroxylation is 2. The average Bonchev–Trinajstić information content (AvgIpc) is 2.67. The van der Waals surface area contributed by atoms with Gasteiger partial charge in [-0.1, -0.05) is 13.3 Å². The molecule has 0 radical (unpaired) electrons. The van der Waals surface area contributed by atoms with Crippen LogP contribution < -0.4 is 16.6 Å². The molecule has 0 saturated carbocycles. The zero-order chi connectivity index (χ0) is 20.6. The fourth-order valence-electron chi connectivity index (χ4n) is 2.99. The molecule has 0 spiro atoms. The van der Waals surface area contributed by atoms with Crippen molar-refractivity contribution >= 4 is 22.6 Å². The summed E-state index contributed by atoms with van der Waals surface area (Å²) in [7, 11) is 2.80. The summed E-state index contributed by atoms with van der Waals surface area (Å²) in [5, 5.41) is 2.69. The molecule has 2 aromatic heterocycles. The number of anilines is 1. The van der Waals surface area contributed by atoms with Crippen molar-refractivity contribution in [3.8, 4) is 0 Å². The Morgan fingerprint density at radius 1 is 1.14 bits per heavy atom. The molecule has 9 heteroatoms. The maximum absolute atomic E-state index is 13.5. The normalized spacial score (nSPS) is 11.0. The van der Waals surface area contributed by atoms with E-state index in [0.717, 1.165) is 22.8 Å². The van der Waals surface area contributed by atoms with Crippen LogP contribution in [0.15, 0.2) is 34.0 Å². The number of fused-ring (bicyclic) bond motifs is 1. The molecule has 0 aliphatic heterocycles. The lowest BCUT2D eigenvalue weighted by Gasteiger charge is -2.15. The number of nitrogens with zero attached hydrogens (tertiary/aromatic N) is 3. The van der Waals surface area contributed by atoms with Gasteiger partial charge in [0.2, 0.25) is 0 Å². The number of amides is 1. The molecule has 3 rings (SSSR count). The number of benzene rings is 1. The molecule has 1 amide bonds. The predicted octanol–water partition coefficient (Wildman–Crippen LogP) is 2.12. The first kappa shape index (κ1) is 19.4. The van der Waals surface area contributed by atoms with Gasteiger partial charge in [0.15, 0.2) is 17.3 Å². The van der Waals surface area contributed by atoms with Crippen molar-refractivity contribution < 1.29 is 13.6 Å². The summed E-state index contributed by atoms with van der Waals surface area (Å²) < 4.78 is 28.8. The van der Waals surface area contributed by atoms with Crippen LogP contribution >= 0.6 is 0 Å². The van der Waals surface area contributed by atoms with Crippen LogP contribution in [0.5, 0.6) is 0 Å². The lowest BCUT2D eigenvalue weighted by molar-refractivity contribution is 0.102. The smallest absolute Gasteiger partial charge is 0.321 e. The number of halogens is 2. The van der Waals surface area contributed by atoms with Gasteiger partial charge in [0.25, 0.3) is 11.5 Å². The van der Waals surface area contributed by atoms with Crippen LogP contribution in [0.3, 0.4) is 0 Å². The van der Waals surface area contributed by atoms with Crippen molar-refractivity contribution in [1.82, 2.24) is 14.1 Å². The van der Waals surface area contributed by atoms with E-state index < -0.39 is 28.8 Å². The number of hydrogen-bond donors (Lipinski definition) is 1. The Kier molecular flexibility index (Phi) is 5.08. The number of rotatable bonds is 4. The minimum absolute atomic E-state index is 0.0754. The third-order valence-corrected chi connectivity index (χ3v) is 4.49.